The molecule has 98 valence electrons. The molecule has 0 spiro atoms. The van der Waals surface area contributed by atoms with Gasteiger partial charge in [-0.1, -0.05) is 12.1 Å². The number of aromatic nitrogens is 2. The van der Waals surface area contributed by atoms with Crippen LogP contribution >= 0.6 is 0 Å². The van der Waals surface area contributed by atoms with Crippen molar-refractivity contribution in [2.45, 2.75) is 20.0 Å². The van der Waals surface area contributed by atoms with E-state index in [1.807, 2.05) is 18.3 Å². The van der Waals surface area contributed by atoms with E-state index in [0.29, 0.717) is 0 Å². The van der Waals surface area contributed by atoms with Crippen molar-refractivity contribution < 1.29 is 4.74 Å². The standard InChI is InChI=1S/C15H17N3O/c1-11-7-15-13(8-16-17-15)10-18(11)9-12-3-5-14(19-2)6-4-12/h3-8H,9-10H2,1-2H3,(H,16,17). The number of fused-ring (bicyclic) bond motifs is 1. The molecule has 0 amide bonds. The van der Waals surface area contributed by atoms with Gasteiger partial charge in [0.25, 0.3) is 0 Å². The molecule has 4 nitrogen and oxygen atoms in total. The predicted molar refractivity (Wildman–Crippen MR) is 74.5 cm³/mol. The number of ether oxygens (including phenoxy) is 1. The molecule has 4 heteroatoms. The number of hydrogen-bond donors (Lipinski definition) is 1. The molecule has 2 aromatic rings. The van der Waals surface area contributed by atoms with E-state index in [9.17, 15) is 0 Å². The first-order valence-electron chi connectivity index (χ1n) is 6.34. The highest BCUT2D eigenvalue weighted by Crippen LogP contribution is 2.24. The van der Waals surface area contributed by atoms with E-state index in [2.05, 4.69) is 40.2 Å². The van der Waals surface area contributed by atoms with Gasteiger partial charge < -0.3 is 9.64 Å². The van der Waals surface area contributed by atoms with E-state index in [0.717, 1.165) is 24.5 Å². The minimum atomic E-state index is 0.895. The Morgan fingerprint density at radius 3 is 2.84 bits per heavy atom. The molecule has 1 N–H and O–H groups in total. The highest BCUT2D eigenvalue weighted by atomic mass is 16.5. The molecule has 0 aliphatic carbocycles. The van der Waals surface area contributed by atoms with Crippen LogP contribution in [0.2, 0.25) is 0 Å². The van der Waals surface area contributed by atoms with E-state index in [1.165, 1.54) is 16.8 Å². The van der Waals surface area contributed by atoms with Gasteiger partial charge in [0.1, 0.15) is 5.75 Å². The topological polar surface area (TPSA) is 41.1 Å². The minimum Gasteiger partial charge on any atom is -0.497 e. The number of nitrogens with zero attached hydrogens (tertiary/aromatic N) is 2. The fourth-order valence-corrected chi connectivity index (χ4v) is 2.33. The van der Waals surface area contributed by atoms with Crippen molar-refractivity contribution in [1.82, 2.24) is 15.1 Å². The third kappa shape index (κ3) is 2.34. The Morgan fingerprint density at radius 2 is 2.11 bits per heavy atom. The van der Waals surface area contributed by atoms with E-state index < -0.39 is 0 Å². The van der Waals surface area contributed by atoms with Crippen LogP contribution in [0, 0.1) is 0 Å². The van der Waals surface area contributed by atoms with Crippen molar-refractivity contribution in [3.05, 3.63) is 53.0 Å². The molecular formula is C15H17N3O. The maximum Gasteiger partial charge on any atom is 0.118 e. The van der Waals surface area contributed by atoms with Crippen molar-refractivity contribution in [2.75, 3.05) is 7.11 Å². The van der Waals surface area contributed by atoms with Gasteiger partial charge in [0.15, 0.2) is 0 Å². The van der Waals surface area contributed by atoms with Gasteiger partial charge in [-0.3, -0.25) is 5.10 Å². The van der Waals surface area contributed by atoms with Gasteiger partial charge in [0.05, 0.1) is 19.0 Å². The number of aromatic amines is 1. The lowest BCUT2D eigenvalue weighted by atomic mass is 10.1. The highest BCUT2D eigenvalue weighted by Gasteiger charge is 2.16. The van der Waals surface area contributed by atoms with Crippen molar-refractivity contribution in [3.8, 4) is 5.75 Å². The molecule has 0 saturated carbocycles. The first-order chi connectivity index (χ1) is 9.26. The summed E-state index contributed by atoms with van der Waals surface area (Å²) < 4.78 is 5.18. The van der Waals surface area contributed by atoms with E-state index in [4.69, 9.17) is 4.74 Å². The smallest absolute Gasteiger partial charge is 0.118 e. The van der Waals surface area contributed by atoms with Crippen LogP contribution < -0.4 is 4.74 Å². The second-order valence-electron chi connectivity index (χ2n) is 4.80. The van der Waals surface area contributed by atoms with Crippen molar-refractivity contribution >= 4 is 6.08 Å². The minimum absolute atomic E-state index is 0.895. The van der Waals surface area contributed by atoms with E-state index >= 15 is 0 Å². The van der Waals surface area contributed by atoms with Crippen LogP contribution in [0.3, 0.4) is 0 Å². The molecule has 0 saturated heterocycles. The molecule has 0 radical (unpaired) electrons. The monoisotopic (exact) mass is 255 g/mol. The lowest BCUT2D eigenvalue weighted by Crippen LogP contribution is -2.23. The molecule has 0 atom stereocenters. The molecular weight excluding hydrogens is 238 g/mol. The largest absolute Gasteiger partial charge is 0.497 e. The fraction of sp³-hybridized carbons (Fsp3) is 0.267. The third-order valence-corrected chi connectivity index (χ3v) is 3.50. The van der Waals surface area contributed by atoms with Gasteiger partial charge in [-0.25, -0.2) is 0 Å². The molecule has 0 unspecified atom stereocenters. The normalized spacial score (nSPS) is 14.0. The Kier molecular flexibility index (Phi) is 2.99. The van der Waals surface area contributed by atoms with Crippen LogP contribution in [-0.2, 0) is 13.1 Å². The Morgan fingerprint density at radius 1 is 1.32 bits per heavy atom. The number of nitrogens with one attached hydrogen (secondary N) is 1. The number of H-pyrrole nitrogens is 1. The Bertz CT molecular complexity index is 598. The molecule has 2 heterocycles. The molecule has 19 heavy (non-hydrogen) atoms. The highest BCUT2D eigenvalue weighted by molar-refractivity contribution is 5.54. The van der Waals surface area contributed by atoms with Gasteiger partial charge in [0.2, 0.25) is 0 Å². The van der Waals surface area contributed by atoms with Gasteiger partial charge in [0, 0.05) is 24.4 Å². The van der Waals surface area contributed by atoms with E-state index in [1.54, 1.807) is 7.11 Å². The van der Waals surface area contributed by atoms with Crippen LogP contribution in [-0.4, -0.2) is 22.2 Å². The Balaban J connectivity index is 1.77. The summed E-state index contributed by atoms with van der Waals surface area (Å²) >= 11 is 0. The summed E-state index contributed by atoms with van der Waals surface area (Å²) in [7, 11) is 1.69. The van der Waals surface area contributed by atoms with Gasteiger partial charge in [-0.05, 0) is 30.7 Å². The summed E-state index contributed by atoms with van der Waals surface area (Å²) in [5.41, 5.74) is 4.91. The van der Waals surface area contributed by atoms with Gasteiger partial charge in [-0.2, -0.15) is 5.10 Å². The number of rotatable bonds is 3. The van der Waals surface area contributed by atoms with Crippen LogP contribution in [0.5, 0.6) is 5.75 Å². The van der Waals surface area contributed by atoms with Crippen LogP contribution in [0.1, 0.15) is 23.7 Å². The summed E-state index contributed by atoms with van der Waals surface area (Å²) in [5.74, 6) is 0.895. The fourth-order valence-electron chi connectivity index (χ4n) is 2.33. The zero-order valence-electron chi connectivity index (χ0n) is 11.2. The lowest BCUT2D eigenvalue weighted by molar-refractivity contribution is 0.327. The lowest BCUT2D eigenvalue weighted by Gasteiger charge is -2.28. The first kappa shape index (κ1) is 11.8. The quantitative estimate of drug-likeness (QED) is 0.917. The average Bonchev–Trinajstić information content (AvgIpc) is 2.87. The molecule has 1 aliphatic heterocycles. The predicted octanol–water partition coefficient (Wildman–Crippen LogP) is 2.79. The second kappa shape index (κ2) is 4.80. The first-order valence-corrected chi connectivity index (χ1v) is 6.34. The summed E-state index contributed by atoms with van der Waals surface area (Å²) in [6.07, 6.45) is 4.05. The zero-order chi connectivity index (χ0) is 13.2. The zero-order valence-corrected chi connectivity index (χ0v) is 11.2. The number of methoxy groups -OCH3 is 1. The number of allylic oxidation sites excluding steroid dienone is 1. The van der Waals surface area contributed by atoms with Crippen molar-refractivity contribution in [2.24, 2.45) is 0 Å². The van der Waals surface area contributed by atoms with Gasteiger partial charge in [-0.15, -0.1) is 0 Å². The molecule has 3 rings (SSSR count). The summed E-state index contributed by atoms with van der Waals surface area (Å²) in [6.45, 7) is 3.93. The second-order valence-corrected chi connectivity index (χ2v) is 4.80. The van der Waals surface area contributed by atoms with Gasteiger partial charge >= 0.3 is 0 Å². The maximum atomic E-state index is 5.18. The number of hydrogen-bond acceptors (Lipinski definition) is 3. The van der Waals surface area contributed by atoms with Crippen molar-refractivity contribution in [1.29, 1.82) is 0 Å². The molecule has 0 bridgehead atoms. The maximum absolute atomic E-state index is 5.18. The summed E-state index contributed by atoms with van der Waals surface area (Å²) in [6, 6.07) is 8.22. The summed E-state index contributed by atoms with van der Waals surface area (Å²) in [4.78, 5) is 2.35. The molecule has 1 aromatic heterocycles. The third-order valence-electron chi connectivity index (χ3n) is 3.50. The van der Waals surface area contributed by atoms with Crippen LogP contribution in [0.4, 0.5) is 0 Å². The Hall–Kier alpha value is -2.23. The van der Waals surface area contributed by atoms with Crippen LogP contribution in [0.15, 0.2) is 36.2 Å². The average molecular weight is 255 g/mol. The summed E-state index contributed by atoms with van der Waals surface area (Å²) in [5, 5.41) is 7.11. The molecule has 1 aliphatic rings. The molecule has 1 aromatic carbocycles. The SMILES string of the molecule is COc1ccc(CN2Cc3cn[nH]c3C=C2C)cc1. The van der Waals surface area contributed by atoms with Crippen molar-refractivity contribution in [3.63, 3.8) is 0 Å². The molecule has 0 fully saturated rings. The Labute approximate surface area is 112 Å². The van der Waals surface area contributed by atoms with E-state index in [-0.39, 0.29) is 0 Å². The van der Waals surface area contributed by atoms with Crippen LogP contribution in [0.25, 0.3) is 6.08 Å². The number of benzene rings is 1.